The molecular formula is C17H14N2O3. The summed E-state index contributed by atoms with van der Waals surface area (Å²) in [5.74, 6) is -1.15. The summed E-state index contributed by atoms with van der Waals surface area (Å²) < 4.78 is 1.24. The molecule has 1 aromatic heterocycles. The molecule has 0 saturated carbocycles. The molecule has 5 nitrogen and oxygen atoms in total. The van der Waals surface area contributed by atoms with Gasteiger partial charge in [0.1, 0.15) is 0 Å². The Balaban J connectivity index is 2.29. The molecule has 0 radical (unpaired) electrons. The van der Waals surface area contributed by atoms with Gasteiger partial charge in [0.2, 0.25) is 0 Å². The van der Waals surface area contributed by atoms with Gasteiger partial charge in [-0.2, -0.15) is 5.10 Å². The third-order valence-corrected chi connectivity index (χ3v) is 3.68. The highest BCUT2D eigenvalue weighted by atomic mass is 16.4. The van der Waals surface area contributed by atoms with E-state index in [9.17, 15) is 14.7 Å². The zero-order chi connectivity index (χ0) is 15.7. The van der Waals surface area contributed by atoms with E-state index in [1.165, 1.54) is 4.68 Å². The van der Waals surface area contributed by atoms with E-state index in [-0.39, 0.29) is 17.3 Å². The maximum atomic E-state index is 12.6. The highest BCUT2D eigenvalue weighted by molar-refractivity contribution is 6.01. The number of aromatic nitrogens is 2. The number of benzene rings is 2. The number of aromatic carboxylic acids is 1. The Labute approximate surface area is 126 Å². The van der Waals surface area contributed by atoms with Crippen LogP contribution in [0.15, 0.2) is 59.4 Å². The molecule has 1 atom stereocenters. The third kappa shape index (κ3) is 2.26. The van der Waals surface area contributed by atoms with Crippen LogP contribution in [-0.2, 0) is 0 Å². The van der Waals surface area contributed by atoms with Gasteiger partial charge in [0, 0.05) is 5.39 Å². The van der Waals surface area contributed by atoms with Gasteiger partial charge in [-0.05, 0) is 18.6 Å². The Kier molecular flexibility index (Phi) is 3.47. The Morgan fingerprint density at radius 1 is 1.05 bits per heavy atom. The predicted octanol–water partition coefficient (Wildman–Crippen LogP) is 2.70. The first kappa shape index (κ1) is 14.0. The summed E-state index contributed by atoms with van der Waals surface area (Å²) in [5.41, 5.74) is 0.485. The first-order chi connectivity index (χ1) is 10.6. The fourth-order valence-corrected chi connectivity index (χ4v) is 2.50. The van der Waals surface area contributed by atoms with Crippen molar-refractivity contribution < 1.29 is 9.90 Å². The fraction of sp³-hybridized carbons (Fsp3) is 0.118. The van der Waals surface area contributed by atoms with E-state index in [1.807, 2.05) is 37.3 Å². The summed E-state index contributed by atoms with van der Waals surface area (Å²) in [6.07, 6.45) is 0. The lowest BCUT2D eigenvalue weighted by atomic mass is 10.1. The van der Waals surface area contributed by atoms with E-state index in [0.717, 1.165) is 5.56 Å². The maximum Gasteiger partial charge on any atom is 0.357 e. The molecule has 0 aliphatic heterocycles. The second kappa shape index (κ2) is 5.44. The summed E-state index contributed by atoms with van der Waals surface area (Å²) in [6.45, 7) is 1.82. The SMILES string of the molecule is CC(c1ccccc1)n1nc(C(=O)O)c2ccccc2c1=O. The van der Waals surface area contributed by atoms with Gasteiger partial charge in [0.15, 0.2) is 5.69 Å². The van der Waals surface area contributed by atoms with Crippen molar-refractivity contribution in [2.24, 2.45) is 0 Å². The van der Waals surface area contributed by atoms with Crippen LogP contribution >= 0.6 is 0 Å². The van der Waals surface area contributed by atoms with Gasteiger partial charge in [-0.1, -0.05) is 48.5 Å². The van der Waals surface area contributed by atoms with Crippen LogP contribution in [0.1, 0.15) is 29.0 Å². The molecule has 0 saturated heterocycles. The number of carboxylic acids is 1. The topological polar surface area (TPSA) is 72.2 Å². The second-order valence-corrected chi connectivity index (χ2v) is 5.04. The van der Waals surface area contributed by atoms with E-state index in [2.05, 4.69) is 5.10 Å². The molecule has 5 heteroatoms. The predicted molar refractivity (Wildman–Crippen MR) is 83.2 cm³/mol. The number of hydrogen-bond acceptors (Lipinski definition) is 3. The molecule has 110 valence electrons. The minimum absolute atomic E-state index is 0.113. The number of carboxylic acid groups (broad SMARTS) is 1. The van der Waals surface area contributed by atoms with Crippen LogP contribution in [0.2, 0.25) is 0 Å². The molecule has 0 fully saturated rings. The minimum Gasteiger partial charge on any atom is -0.476 e. The number of carbonyl (C=O) groups is 1. The lowest BCUT2D eigenvalue weighted by molar-refractivity contribution is 0.0689. The van der Waals surface area contributed by atoms with Crippen molar-refractivity contribution in [3.05, 3.63) is 76.2 Å². The Morgan fingerprint density at radius 3 is 2.27 bits per heavy atom. The van der Waals surface area contributed by atoms with Crippen molar-refractivity contribution in [2.75, 3.05) is 0 Å². The normalized spacial score (nSPS) is 12.2. The van der Waals surface area contributed by atoms with Crippen LogP contribution in [0.3, 0.4) is 0 Å². The van der Waals surface area contributed by atoms with Gasteiger partial charge in [-0.25, -0.2) is 9.48 Å². The third-order valence-electron chi connectivity index (χ3n) is 3.68. The molecule has 1 heterocycles. The largest absolute Gasteiger partial charge is 0.476 e. The molecule has 1 unspecified atom stereocenters. The van der Waals surface area contributed by atoms with Gasteiger partial charge in [-0.15, -0.1) is 0 Å². The molecule has 0 amide bonds. The van der Waals surface area contributed by atoms with Crippen LogP contribution in [0.5, 0.6) is 0 Å². The smallest absolute Gasteiger partial charge is 0.357 e. The summed E-state index contributed by atoms with van der Waals surface area (Å²) in [6, 6.07) is 15.7. The molecule has 22 heavy (non-hydrogen) atoms. The molecule has 3 rings (SSSR count). The van der Waals surface area contributed by atoms with Crippen LogP contribution in [-0.4, -0.2) is 20.9 Å². The van der Waals surface area contributed by atoms with Gasteiger partial charge in [0.05, 0.1) is 11.4 Å². The highest BCUT2D eigenvalue weighted by Crippen LogP contribution is 2.18. The minimum atomic E-state index is -1.15. The van der Waals surface area contributed by atoms with Crippen molar-refractivity contribution in [2.45, 2.75) is 13.0 Å². The molecule has 2 aromatic carbocycles. The molecule has 0 spiro atoms. The van der Waals surface area contributed by atoms with Crippen LogP contribution in [0.25, 0.3) is 10.8 Å². The lowest BCUT2D eigenvalue weighted by Gasteiger charge is -2.16. The quantitative estimate of drug-likeness (QED) is 0.806. The zero-order valence-corrected chi connectivity index (χ0v) is 11.9. The Hall–Kier alpha value is -2.95. The monoisotopic (exact) mass is 294 g/mol. The number of rotatable bonds is 3. The van der Waals surface area contributed by atoms with Crippen molar-refractivity contribution in [3.63, 3.8) is 0 Å². The molecular weight excluding hydrogens is 280 g/mol. The van der Waals surface area contributed by atoms with Gasteiger partial charge < -0.3 is 5.11 Å². The summed E-state index contributed by atoms with van der Waals surface area (Å²) >= 11 is 0. The van der Waals surface area contributed by atoms with Crippen LogP contribution < -0.4 is 5.56 Å². The zero-order valence-electron chi connectivity index (χ0n) is 11.9. The second-order valence-electron chi connectivity index (χ2n) is 5.04. The molecule has 0 bridgehead atoms. The maximum absolute atomic E-state index is 12.6. The average molecular weight is 294 g/mol. The van der Waals surface area contributed by atoms with Crippen molar-refractivity contribution in [3.8, 4) is 0 Å². The van der Waals surface area contributed by atoms with E-state index in [4.69, 9.17) is 0 Å². The highest BCUT2D eigenvalue weighted by Gasteiger charge is 2.19. The van der Waals surface area contributed by atoms with Gasteiger partial charge in [-0.3, -0.25) is 4.79 Å². The van der Waals surface area contributed by atoms with Gasteiger partial charge >= 0.3 is 5.97 Å². The van der Waals surface area contributed by atoms with E-state index in [0.29, 0.717) is 10.8 Å². The Bertz CT molecular complexity index is 901. The molecule has 3 aromatic rings. The number of nitrogens with zero attached hydrogens (tertiary/aromatic N) is 2. The summed E-state index contributed by atoms with van der Waals surface area (Å²) in [4.78, 5) is 24.1. The molecule has 1 N–H and O–H groups in total. The Morgan fingerprint density at radius 2 is 1.64 bits per heavy atom. The average Bonchev–Trinajstić information content (AvgIpc) is 2.55. The van der Waals surface area contributed by atoms with E-state index >= 15 is 0 Å². The van der Waals surface area contributed by atoms with Crippen molar-refractivity contribution in [1.82, 2.24) is 9.78 Å². The van der Waals surface area contributed by atoms with Crippen molar-refractivity contribution in [1.29, 1.82) is 0 Å². The number of fused-ring (bicyclic) bond motifs is 1. The first-order valence-corrected chi connectivity index (χ1v) is 6.89. The summed E-state index contributed by atoms with van der Waals surface area (Å²) in [5, 5.41) is 14.2. The van der Waals surface area contributed by atoms with E-state index < -0.39 is 5.97 Å². The molecule has 0 aliphatic carbocycles. The van der Waals surface area contributed by atoms with Gasteiger partial charge in [0.25, 0.3) is 5.56 Å². The van der Waals surface area contributed by atoms with Crippen molar-refractivity contribution >= 4 is 16.7 Å². The molecule has 0 aliphatic rings. The first-order valence-electron chi connectivity index (χ1n) is 6.89. The van der Waals surface area contributed by atoms with Crippen LogP contribution in [0.4, 0.5) is 0 Å². The lowest BCUT2D eigenvalue weighted by Crippen LogP contribution is -2.29. The van der Waals surface area contributed by atoms with Crippen LogP contribution in [0, 0.1) is 0 Å². The fourth-order valence-electron chi connectivity index (χ4n) is 2.50. The van der Waals surface area contributed by atoms with E-state index in [1.54, 1.807) is 24.3 Å². The summed E-state index contributed by atoms with van der Waals surface area (Å²) in [7, 11) is 0. The standard InChI is InChI=1S/C17H14N2O3/c1-11(12-7-3-2-4-8-12)19-16(20)14-10-6-5-9-13(14)15(18-19)17(21)22/h2-11H,1H3,(H,21,22). The number of hydrogen-bond donors (Lipinski definition) is 1.